The van der Waals surface area contributed by atoms with Gasteiger partial charge in [0.05, 0.1) is 18.3 Å². The molecule has 1 aromatic rings. The number of pyridine rings is 1. The molecule has 1 aliphatic heterocycles. The molecule has 1 aromatic heterocycles. The number of nitrogens with zero attached hydrogens (tertiary/aromatic N) is 1. The highest BCUT2D eigenvalue weighted by molar-refractivity contribution is 5.82. The van der Waals surface area contributed by atoms with Gasteiger partial charge in [0.15, 0.2) is 0 Å². The lowest BCUT2D eigenvalue weighted by molar-refractivity contribution is -0.125. The van der Waals surface area contributed by atoms with Gasteiger partial charge in [-0.05, 0) is 37.4 Å². The van der Waals surface area contributed by atoms with Crippen molar-refractivity contribution in [2.24, 2.45) is 5.92 Å². The number of amides is 1. The number of aromatic nitrogens is 1. The smallest absolute Gasteiger partial charge is 0.237 e. The SMILES string of the molecule is CC1CCCNC1C(=O)NCc1ccccn1. The van der Waals surface area contributed by atoms with Crippen LogP contribution in [-0.4, -0.2) is 23.5 Å². The average Bonchev–Trinajstić information content (AvgIpc) is 2.38. The number of carbonyl (C=O) groups excluding carboxylic acids is 1. The first kappa shape index (κ1) is 12.0. The summed E-state index contributed by atoms with van der Waals surface area (Å²) in [5, 5.41) is 6.21. The highest BCUT2D eigenvalue weighted by Gasteiger charge is 2.26. The lowest BCUT2D eigenvalue weighted by Gasteiger charge is -2.28. The van der Waals surface area contributed by atoms with Crippen LogP contribution in [0.1, 0.15) is 25.5 Å². The van der Waals surface area contributed by atoms with Crippen molar-refractivity contribution < 1.29 is 4.79 Å². The summed E-state index contributed by atoms with van der Waals surface area (Å²) in [6.07, 6.45) is 4.02. The Bertz CT molecular complexity index is 366. The van der Waals surface area contributed by atoms with Crippen LogP contribution in [0.3, 0.4) is 0 Å². The third kappa shape index (κ3) is 3.27. The molecule has 2 atom stereocenters. The Morgan fingerprint density at radius 1 is 1.59 bits per heavy atom. The fourth-order valence-corrected chi connectivity index (χ4v) is 2.19. The maximum Gasteiger partial charge on any atom is 0.237 e. The molecule has 0 radical (unpaired) electrons. The fourth-order valence-electron chi connectivity index (χ4n) is 2.19. The van der Waals surface area contributed by atoms with Gasteiger partial charge in [-0.2, -0.15) is 0 Å². The number of hydrogen-bond acceptors (Lipinski definition) is 3. The maximum atomic E-state index is 12.0. The van der Waals surface area contributed by atoms with E-state index in [1.54, 1.807) is 6.20 Å². The van der Waals surface area contributed by atoms with Gasteiger partial charge < -0.3 is 10.6 Å². The first-order valence-electron chi connectivity index (χ1n) is 6.18. The zero-order chi connectivity index (χ0) is 12.1. The van der Waals surface area contributed by atoms with Gasteiger partial charge in [-0.25, -0.2) is 0 Å². The molecular formula is C13H19N3O. The number of rotatable bonds is 3. The zero-order valence-corrected chi connectivity index (χ0v) is 10.1. The number of nitrogens with one attached hydrogen (secondary N) is 2. The molecule has 2 unspecified atom stereocenters. The van der Waals surface area contributed by atoms with Crippen molar-refractivity contribution in [2.45, 2.75) is 32.4 Å². The van der Waals surface area contributed by atoms with Crippen LogP contribution in [-0.2, 0) is 11.3 Å². The van der Waals surface area contributed by atoms with E-state index in [4.69, 9.17) is 0 Å². The monoisotopic (exact) mass is 233 g/mol. The second-order valence-electron chi connectivity index (χ2n) is 4.59. The Morgan fingerprint density at radius 3 is 3.18 bits per heavy atom. The van der Waals surface area contributed by atoms with Crippen molar-refractivity contribution in [3.8, 4) is 0 Å². The molecule has 0 saturated carbocycles. The predicted octanol–water partition coefficient (Wildman–Crippen LogP) is 1.09. The van der Waals surface area contributed by atoms with E-state index in [9.17, 15) is 4.79 Å². The van der Waals surface area contributed by atoms with Crippen LogP contribution in [0.4, 0.5) is 0 Å². The molecule has 92 valence electrons. The Balaban J connectivity index is 1.84. The average molecular weight is 233 g/mol. The Kier molecular flexibility index (Phi) is 4.09. The predicted molar refractivity (Wildman–Crippen MR) is 66.3 cm³/mol. The van der Waals surface area contributed by atoms with Crippen molar-refractivity contribution in [3.05, 3.63) is 30.1 Å². The third-order valence-electron chi connectivity index (χ3n) is 3.22. The van der Waals surface area contributed by atoms with E-state index in [-0.39, 0.29) is 11.9 Å². The Hall–Kier alpha value is -1.42. The summed E-state index contributed by atoms with van der Waals surface area (Å²) < 4.78 is 0. The molecular weight excluding hydrogens is 214 g/mol. The molecule has 1 aliphatic rings. The summed E-state index contributed by atoms with van der Waals surface area (Å²) in [5.41, 5.74) is 0.893. The minimum Gasteiger partial charge on any atom is -0.349 e. The van der Waals surface area contributed by atoms with Crippen LogP contribution >= 0.6 is 0 Å². The van der Waals surface area contributed by atoms with Gasteiger partial charge in [0, 0.05) is 6.20 Å². The summed E-state index contributed by atoms with van der Waals surface area (Å²) >= 11 is 0. The molecule has 4 heteroatoms. The molecule has 0 bridgehead atoms. The standard InChI is InChI=1S/C13H19N3O/c1-10-5-4-8-15-12(10)13(17)16-9-11-6-2-3-7-14-11/h2-3,6-7,10,12,15H,4-5,8-9H2,1H3,(H,16,17). The molecule has 1 amide bonds. The molecule has 2 rings (SSSR count). The van der Waals surface area contributed by atoms with Gasteiger partial charge in [-0.15, -0.1) is 0 Å². The lowest BCUT2D eigenvalue weighted by atomic mass is 9.92. The van der Waals surface area contributed by atoms with Gasteiger partial charge in [0.2, 0.25) is 5.91 Å². The number of carbonyl (C=O) groups is 1. The van der Waals surface area contributed by atoms with E-state index in [2.05, 4.69) is 22.5 Å². The van der Waals surface area contributed by atoms with E-state index >= 15 is 0 Å². The van der Waals surface area contributed by atoms with Crippen LogP contribution < -0.4 is 10.6 Å². The minimum atomic E-state index is -0.0486. The lowest BCUT2D eigenvalue weighted by Crippen LogP contribution is -2.50. The van der Waals surface area contributed by atoms with Crippen LogP contribution in [0.5, 0.6) is 0 Å². The molecule has 2 heterocycles. The normalized spacial score (nSPS) is 24.3. The Morgan fingerprint density at radius 2 is 2.47 bits per heavy atom. The summed E-state index contributed by atoms with van der Waals surface area (Å²) in [7, 11) is 0. The van der Waals surface area contributed by atoms with Crippen LogP contribution in [0.15, 0.2) is 24.4 Å². The maximum absolute atomic E-state index is 12.0. The third-order valence-corrected chi connectivity index (χ3v) is 3.22. The van der Waals surface area contributed by atoms with E-state index in [0.717, 1.165) is 25.1 Å². The second-order valence-corrected chi connectivity index (χ2v) is 4.59. The highest BCUT2D eigenvalue weighted by Crippen LogP contribution is 2.15. The Labute approximate surface area is 102 Å². The molecule has 2 N–H and O–H groups in total. The molecule has 1 saturated heterocycles. The molecule has 0 spiro atoms. The van der Waals surface area contributed by atoms with E-state index in [1.165, 1.54) is 0 Å². The van der Waals surface area contributed by atoms with Crippen LogP contribution in [0.25, 0.3) is 0 Å². The van der Waals surface area contributed by atoms with Gasteiger partial charge in [-0.1, -0.05) is 13.0 Å². The summed E-state index contributed by atoms with van der Waals surface area (Å²) in [5.74, 6) is 0.496. The molecule has 17 heavy (non-hydrogen) atoms. The van der Waals surface area contributed by atoms with E-state index < -0.39 is 0 Å². The molecule has 4 nitrogen and oxygen atoms in total. The first-order valence-corrected chi connectivity index (χ1v) is 6.18. The summed E-state index contributed by atoms with van der Waals surface area (Å²) in [6, 6.07) is 5.66. The van der Waals surface area contributed by atoms with Gasteiger partial charge in [0.1, 0.15) is 0 Å². The molecule has 1 fully saturated rings. The number of hydrogen-bond donors (Lipinski definition) is 2. The van der Waals surface area contributed by atoms with E-state index in [0.29, 0.717) is 12.5 Å². The largest absolute Gasteiger partial charge is 0.349 e. The topological polar surface area (TPSA) is 54.0 Å². The van der Waals surface area contributed by atoms with Crippen molar-refractivity contribution in [1.29, 1.82) is 0 Å². The zero-order valence-electron chi connectivity index (χ0n) is 10.1. The van der Waals surface area contributed by atoms with Crippen LogP contribution in [0.2, 0.25) is 0 Å². The quantitative estimate of drug-likeness (QED) is 0.821. The van der Waals surface area contributed by atoms with Crippen LogP contribution in [0, 0.1) is 5.92 Å². The van der Waals surface area contributed by atoms with Crippen molar-refractivity contribution >= 4 is 5.91 Å². The minimum absolute atomic E-state index is 0.0486. The van der Waals surface area contributed by atoms with Gasteiger partial charge >= 0.3 is 0 Å². The van der Waals surface area contributed by atoms with Gasteiger partial charge in [0.25, 0.3) is 0 Å². The summed E-state index contributed by atoms with van der Waals surface area (Å²) in [6.45, 7) is 3.56. The van der Waals surface area contributed by atoms with Gasteiger partial charge in [-0.3, -0.25) is 9.78 Å². The molecule has 0 aliphatic carbocycles. The van der Waals surface area contributed by atoms with Crippen molar-refractivity contribution in [3.63, 3.8) is 0 Å². The van der Waals surface area contributed by atoms with E-state index in [1.807, 2.05) is 18.2 Å². The first-order chi connectivity index (χ1) is 8.27. The highest BCUT2D eigenvalue weighted by atomic mass is 16.2. The second kappa shape index (κ2) is 5.77. The summed E-state index contributed by atoms with van der Waals surface area (Å²) in [4.78, 5) is 16.2. The number of piperidine rings is 1. The molecule has 0 aromatic carbocycles. The van der Waals surface area contributed by atoms with Crippen molar-refractivity contribution in [2.75, 3.05) is 6.54 Å². The fraction of sp³-hybridized carbons (Fsp3) is 0.538. The van der Waals surface area contributed by atoms with Crippen molar-refractivity contribution in [1.82, 2.24) is 15.6 Å².